The van der Waals surface area contributed by atoms with E-state index in [4.69, 9.17) is 9.84 Å². The minimum atomic E-state index is -0.824. The summed E-state index contributed by atoms with van der Waals surface area (Å²) < 4.78 is 5.26. The van der Waals surface area contributed by atoms with Crippen molar-refractivity contribution in [2.45, 2.75) is 32.7 Å². The van der Waals surface area contributed by atoms with Gasteiger partial charge in [0, 0.05) is 12.6 Å². The van der Waals surface area contributed by atoms with Crippen molar-refractivity contribution in [3.8, 4) is 5.75 Å². The van der Waals surface area contributed by atoms with Crippen LogP contribution in [0.3, 0.4) is 0 Å². The van der Waals surface area contributed by atoms with E-state index in [1.54, 1.807) is 18.9 Å². The Morgan fingerprint density at radius 2 is 2.14 bits per heavy atom. The van der Waals surface area contributed by atoms with E-state index < -0.39 is 11.9 Å². The van der Waals surface area contributed by atoms with E-state index in [-0.39, 0.29) is 18.4 Å². The van der Waals surface area contributed by atoms with E-state index in [1.165, 1.54) is 0 Å². The van der Waals surface area contributed by atoms with Gasteiger partial charge in [-0.15, -0.1) is 0 Å². The number of benzene rings is 1. The SMILES string of the molecule is COc1cc(CC(=O)N2CCC(C(=O)O)C2C)ccc1C. The molecule has 1 amide bonds. The fourth-order valence-electron chi connectivity index (χ4n) is 2.87. The molecule has 1 fully saturated rings. The number of amides is 1. The van der Waals surface area contributed by atoms with Crippen LogP contribution >= 0.6 is 0 Å². The summed E-state index contributed by atoms with van der Waals surface area (Å²) in [5.41, 5.74) is 1.91. The number of hydrogen-bond acceptors (Lipinski definition) is 3. The normalized spacial score (nSPS) is 21.4. The molecule has 114 valence electrons. The molecule has 5 heteroatoms. The molecular weight excluding hydrogens is 270 g/mol. The third kappa shape index (κ3) is 3.17. The Morgan fingerprint density at radius 1 is 1.43 bits per heavy atom. The van der Waals surface area contributed by atoms with Crippen molar-refractivity contribution in [1.29, 1.82) is 0 Å². The molecule has 1 aliphatic heterocycles. The number of aryl methyl sites for hydroxylation is 1. The lowest BCUT2D eigenvalue weighted by molar-refractivity contribution is -0.143. The van der Waals surface area contributed by atoms with Crippen LogP contribution in [0.1, 0.15) is 24.5 Å². The van der Waals surface area contributed by atoms with Crippen LogP contribution in [0, 0.1) is 12.8 Å². The molecule has 2 unspecified atom stereocenters. The average Bonchev–Trinajstić information content (AvgIpc) is 2.83. The molecule has 0 spiro atoms. The fourth-order valence-corrected chi connectivity index (χ4v) is 2.87. The maximum Gasteiger partial charge on any atom is 0.308 e. The molecule has 2 rings (SSSR count). The number of ether oxygens (including phenoxy) is 1. The number of nitrogens with zero attached hydrogens (tertiary/aromatic N) is 1. The van der Waals surface area contributed by atoms with Crippen LogP contribution in [0.5, 0.6) is 5.75 Å². The zero-order valence-corrected chi connectivity index (χ0v) is 12.6. The topological polar surface area (TPSA) is 66.8 Å². The van der Waals surface area contributed by atoms with Gasteiger partial charge in [0.25, 0.3) is 0 Å². The Labute approximate surface area is 124 Å². The first-order valence-electron chi connectivity index (χ1n) is 7.10. The molecule has 1 N–H and O–H groups in total. The van der Waals surface area contributed by atoms with Gasteiger partial charge in [-0.1, -0.05) is 12.1 Å². The fraction of sp³-hybridized carbons (Fsp3) is 0.500. The number of carbonyl (C=O) groups is 2. The van der Waals surface area contributed by atoms with E-state index >= 15 is 0 Å². The lowest BCUT2D eigenvalue weighted by Gasteiger charge is -2.23. The second kappa shape index (κ2) is 6.16. The second-order valence-corrected chi connectivity index (χ2v) is 5.54. The van der Waals surface area contributed by atoms with Gasteiger partial charge < -0.3 is 14.7 Å². The van der Waals surface area contributed by atoms with Gasteiger partial charge in [-0.05, 0) is 37.5 Å². The maximum atomic E-state index is 12.4. The second-order valence-electron chi connectivity index (χ2n) is 5.54. The number of carboxylic acid groups (broad SMARTS) is 1. The van der Waals surface area contributed by atoms with E-state index in [1.807, 2.05) is 25.1 Å². The van der Waals surface area contributed by atoms with E-state index in [2.05, 4.69) is 0 Å². The smallest absolute Gasteiger partial charge is 0.308 e. The number of hydrogen-bond donors (Lipinski definition) is 1. The molecule has 0 saturated carbocycles. The molecule has 0 bridgehead atoms. The average molecular weight is 291 g/mol. The number of rotatable bonds is 4. The minimum Gasteiger partial charge on any atom is -0.496 e. The van der Waals surface area contributed by atoms with Crippen molar-refractivity contribution < 1.29 is 19.4 Å². The standard InChI is InChI=1S/C16H21NO4/c1-10-4-5-12(8-14(10)21-3)9-15(18)17-7-6-13(11(17)2)16(19)20/h4-5,8,11,13H,6-7,9H2,1-3H3,(H,19,20). The Hall–Kier alpha value is -2.04. The summed E-state index contributed by atoms with van der Waals surface area (Å²) in [5, 5.41) is 9.12. The summed E-state index contributed by atoms with van der Waals surface area (Å²) in [6, 6.07) is 5.45. The van der Waals surface area contributed by atoms with E-state index in [0.717, 1.165) is 16.9 Å². The van der Waals surface area contributed by atoms with Gasteiger partial charge in [0.1, 0.15) is 5.75 Å². The number of likely N-dealkylation sites (tertiary alicyclic amines) is 1. The Bertz CT molecular complexity index is 555. The monoisotopic (exact) mass is 291 g/mol. The molecule has 0 radical (unpaired) electrons. The first-order valence-corrected chi connectivity index (χ1v) is 7.10. The highest BCUT2D eigenvalue weighted by atomic mass is 16.5. The lowest BCUT2D eigenvalue weighted by atomic mass is 10.0. The number of methoxy groups -OCH3 is 1. The molecule has 1 saturated heterocycles. The number of carbonyl (C=O) groups excluding carboxylic acids is 1. The van der Waals surface area contributed by atoms with Crippen LogP contribution in [-0.2, 0) is 16.0 Å². The molecule has 1 aromatic rings. The summed E-state index contributed by atoms with van der Waals surface area (Å²) in [7, 11) is 1.61. The Balaban J connectivity index is 2.07. The van der Waals surface area contributed by atoms with Crippen molar-refractivity contribution >= 4 is 11.9 Å². The van der Waals surface area contributed by atoms with Gasteiger partial charge in [-0.3, -0.25) is 9.59 Å². The van der Waals surface area contributed by atoms with Gasteiger partial charge in [0.05, 0.1) is 19.4 Å². The van der Waals surface area contributed by atoms with Crippen LogP contribution in [0.2, 0.25) is 0 Å². The molecule has 1 heterocycles. The quantitative estimate of drug-likeness (QED) is 0.919. The molecular formula is C16H21NO4. The third-order valence-electron chi connectivity index (χ3n) is 4.22. The maximum absolute atomic E-state index is 12.4. The van der Waals surface area contributed by atoms with Gasteiger partial charge in [0.2, 0.25) is 5.91 Å². The minimum absolute atomic E-state index is 0.0304. The van der Waals surface area contributed by atoms with Crippen molar-refractivity contribution in [2.75, 3.05) is 13.7 Å². The van der Waals surface area contributed by atoms with Crippen LogP contribution in [0.15, 0.2) is 18.2 Å². The van der Waals surface area contributed by atoms with Crippen molar-refractivity contribution in [3.05, 3.63) is 29.3 Å². The largest absolute Gasteiger partial charge is 0.496 e. The van der Waals surface area contributed by atoms with Crippen LogP contribution in [-0.4, -0.2) is 41.6 Å². The third-order valence-corrected chi connectivity index (χ3v) is 4.22. The zero-order chi connectivity index (χ0) is 15.6. The van der Waals surface area contributed by atoms with Crippen molar-refractivity contribution in [2.24, 2.45) is 5.92 Å². The van der Waals surface area contributed by atoms with E-state index in [9.17, 15) is 9.59 Å². The van der Waals surface area contributed by atoms with Crippen LogP contribution in [0.4, 0.5) is 0 Å². The summed E-state index contributed by atoms with van der Waals surface area (Å²) in [6.07, 6.45) is 0.798. The molecule has 0 aliphatic carbocycles. The Kier molecular flexibility index (Phi) is 4.50. The highest BCUT2D eigenvalue weighted by Crippen LogP contribution is 2.26. The van der Waals surface area contributed by atoms with Crippen LogP contribution < -0.4 is 4.74 Å². The molecule has 5 nitrogen and oxygen atoms in total. The zero-order valence-electron chi connectivity index (χ0n) is 12.6. The summed E-state index contributed by atoms with van der Waals surface area (Å²) >= 11 is 0. The van der Waals surface area contributed by atoms with Crippen molar-refractivity contribution in [3.63, 3.8) is 0 Å². The predicted octanol–water partition coefficient (Wildman–Crippen LogP) is 1.87. The molecule has 1 aliphatic rings. The molecule has 2 atom stereocenters. The first-order chi connectivity index (χ1) is 9.93. The van der Waals surface area contributed by atoms with Gasteiger partial charge in [-0.2, -0.15) is 0 Å². The molecule has 0 aromatic heterocycles. The summed E-state index contributed by atoms with van der Waals surface area (Å²) in [6.45, 7) is 4.27. The Morgan fingerprint density at radius 3 is 2.71 bits per heavy atom. The van der Waals surface area contributed by atoms with Crippen LogP contribution in [0.25, 0.3) is 0 Å². The van der Waals surface area contributed by atoms with Gasteiger partial charge in [-0.25, -0.2) is 0 Å². The highest BCUT2D eigenvalue weighted by molar-refractivity contribution is 5.81. The number of carboxylic acids is 1. The van der Waals surface area contributed by atoms with Gasteiger partial charge >= 0.3 is 5.97 Å². The van der Waals surface area contributed by atoms with Gasteiger partial charge in [0.15, 0.2) is 0 Å². The summed E-state index contributed by atoms with van der Waals surface area (Å²) in [5.74, 6) is -0.549. The highest BCUT2D eigenvalue weighted by Gasteiger charge is 2.37. The van der Waals surface area contributed by atoms with E-state index in [0.29, 0.717) is 13.0 Å². The molecule has 21 heavy (non-hydrogen) atoms. The van der Waals surface area contributed by atoms with Crippen molar-refractivity contribution in [1.82, 2.24) is 4.90 Å². The number of aliphatic carboxylic acids is 1. The predicted molar refractivity (Wildman–Crippen MR) is 78.4 cm³/mol. The first kappa shape index (κ1) is 15.4. The molecule has 1 aromatic carbocycles. The lowest BCUT2D eigenvalue weighted by Crippen LogP contribution is -2.38. The summed E-state index contributed by atoms with van der Waals surface area (Å²) in [4.78, 5) is 25.1.